The number of likely N-dealkylation sites (tertiary alicyclic amines) is 1. The molecule has 1 spiro atoms. The van der Waals surface area contributed by atoms with E-state index in [0.717, 1.165) is 25.2 Å². The average Bonchev–Trinajstić information content (AvgIpc) is 3.14. The zero-order chi connectivity index (χ0) is 20.4. The van der Waals surface area contributed by atoms with Gasteiger partial charge in [-0.3, -0.25) is 9.59 Å². The number of ether oxygens (including phenoxy) is 2. The lowest BCUT2D eigenvalue weighted by atomic mass is 9.79. The number of benzene rings is 1. The molecule has 2 fully saturated rings. The van der Waals surface area contributed by atoms with Gasteiger partial charge in [-0.25, -0.2) is 0 Å². The van der Waals surface area contributed by atoms with Gasteiger partial charge >= 0.3 is 0 Å². The fraction of sp³-hybridized carbons (Fsp3) is 0.667. The van der Waals surface area contributed by atoms with Gasteiger partial charge in [-0.05, 0) is 49.8 Å². The van der Waals surface area contributed by atoms with E-state index in [-0.39, 0.29) is 17.6 Å². The number of methoxy groups -OCH3 is 1. The third-order valence-electron chi connectivity index (χ3n) is 7.09. The van der Waals surface area contributed by atoms with Crippen molar-refractivity contribution in [1.29, 1.82) is 0 Å². The van der Waals surface area contributed by atoms with E-state index in [1.165, 1.54) is 32.1 Å². The first kappa shape index (κ1) is 20.2. The Hall–Kier alpha value is -2.04. The Balaban J connectivity index is 1.37. The number of Topliss-reactive ketones (excluding diaryl/α,β-unsaturated/α-hetero) is 1. The average molecular weight is 400 g/mol. The van der Waals surface area contributed by atoms with E-state index in [2.05, 4.69) is 6.92 Å². The highest BCUT2D eigenvalue weighted by Crippen LogP contribution is 2.41. The summed E-state index contributed by atoms with van der Waals surface area (Å²) in [6.45, 7) is 3.46. The van der Waals surface area contributed by atoms with Crippen LogP contribution in [-0.4, -0.2) is 42.4 Å². The molecule has 2 heterocycles. The van der Waals surface area contributed by atoms with Crippen molar-refractivity contribution in [3.8, 4) is 11.5 Å². The van der Waals surface area contributed by atoms with Gasteiger partial charge in [0.15, 0.2) is 5.78 Å². The van der Waals surface area contributed by atoms with E-state index >= 15 is 0 Å². The smallest absolute Gasteiger partial charge is 0.225 e. The molecule has 158 valence electrons. The molecular formula is C24H33NO4. The van der Waals surface area contributed by atoms with Gasteiger partial charge in [-0.15, -0.1) is 0 Å². The van der Waals surface area contributed by atoms with Gasteiger partial charge in [0.25, 0.3) is 0 Å². The first-order valence-corrected chi connectivity index (χ1v) is 11.2. The minimum atomic E-state index is -0.563. The summed E-state index contributed by atoms with van der Waals surface area (Å²) in [6.07, 6.45) is 9.31. The van der Waals surface area contributed by atoms with Crippen LogP contribution >= 0.6 is 0 Å². The lowest BCUT2D eigenvalue weighted by Gasteiger charge is -2.35. The number of rotatable bonds is 5. The van der Waals surface area contributed by atoms with Crippen LogP contribution in [0.4, 0.5) is 0 Å². The van der Waals surface area contributed by atoms with Crippen LogP contribution in [0, 0.1) is 11.8 Å². The van der Waals surface area contributed by atoms with Gasteiger partial charge in [-0.2, -0.15) is 0 Å². The van der Waals surface area contributed by atoms with Crippen LogP contribution in [0.5, 0.6) is 11.5 Å². The van der Waals surface area contributed by atoms with Gasteiger partial charge < -0.3 is 14.4 Å². The van der Waals surface area contributed by atoms with Crippen LogP contribution in [-0.2, 0) is 4.79 Å². The molecule has 1 aromatic rings. The summed E-state index contributed by atoms with van der Waals surface area (Å²) in [5.41, 5.74) is 0.0253. The molecular weight excluding hydrogens is 366 g/mol. The summed E-state index contributed by atoms with van der Waals surface area (Å²) in [6, 6.07) is 5.38. The predicted molar refractivity (Wildman–Crippen MR) is 111 cm³/mol. The monoisotopic (exact) mass is 399 g/mol. The fourth-order valence-corrected chi connectivity index (χ4v) is 5.31. The standard InChI is InChI=1S/C24H33NO4/c1-3-4-5-17-6-8-18(9-7-17)23(27)25-13-12-24(16-25)15-21(26)20-14-19(28-2)10-11-22(20)29-24/h10-11,14,17-18H,3-9,12-13,15-16H2,1-2H3. The third-order valence-corrected chi connectivity index (χ3v) is 7.09. The van der Waals surface area contributed by atoms with Crippen molar-refractivity contribution in [3.63, 3.8) is 0 Å². The van der Waals surface area contributed by atoms with Crippen molar-refractivity contribution in [2.75, 3.05) is 20.2 Å². The zero-order valence-electron chi connectivity index (χ0n) is 17.7. The van der Waals surface area contributed by atoms with E-state index in [4.69, 9.17) is 9.47 Å². The molecule has 0 N–H and O–H groups in total. The molecule has 1 amide bonds. The highest BCUT2D eigenvalue weighted by atomic mass is 16.5. The number of carbonyl (C=O) groups is 2. The van der Waals surface area contributed by atoms with Crippen molar-refractivity contribution < 1.29 is 19.1 Å². The van der Waals surface area contributed by atoms with Crippen LogP contribution in [0.3, 0.4) is 0 Å². The molecule has 0 bridgehead atoms. The molecule has 1 saturated heterocycles. The zero-order valence-corrected chi connectivity index (χ0v) is 17.7. The van der Waals surface area contributed by atoms with E-state index in [1.54, 1.807) is 13.2 Å². The Morgan fingerprint density at radius 3 is 2.79 bits per heavy atom. The van der Waals surface area contributed by atoms with Crippen LogP contribution in [0.25, 0.3) is 0 Å². The summed E-state index contributed by atoms with van der Waals surface area (Å²) >= 11 is 0. The normalized spacial score (nSPS) is 28.9. The Bertz CT molecular complexity index is 768. The first-order chi connectivity index (χ1) is 14.0. The molecule has 1 atom stereocenters. The van der Waals surface area contributed by atoms with Crippen molar-refractivity contribution in [2.45, 2.75) is 70.3 Å². The maximum atomic E-state index is 13.1. The summed E-state index contributed by atoms with van der Waals surface area (Å²) < 4.78 is 11.5. The third kappa shape index (κ3) is 4.15. The number of nitrogens with zero attached hydrogens (tertiary/aromatic N) is 1. The number of unbranched alkanes of at least 4 members (excludes halogenated alkanes) is 1. The molecule has 5 nitrogen and oxygen atoms in total. The first-order valence-electron chi connectivity index (χ1n) is 11.2. The molecule has 1 unspecified atom stereocenters. The van der Waals surface area contributed by atoms with Gasteiger partial charge in [0, 0.05) is 18.9 Å². The van der Waals surface area contributed by atoms with Gasteiger partial charge in [0.2, 0.25) is 5.91 Å². The molecule has 1 aromatic carbocycles. The van der Waals surface area contributed by atoms with E-state index in [1.807, 2.05) is 17.0 Å². The molecule has 2 aliphatic heterocycles. The largest absolute Gasteiger partial charge is 0.497 e. The fourth-order valence-electron chi connectivity index (χ4n) is 5.31. The van der Waals surface area contributed by atoms with E-state index in [9.17, 15) is 9.59 Å². The Morgan fingerprint density at radius 2 is 2.07 bits per heavy atom. The topological polar surface area (TPSA) is 55.8 Å². The number of fused-ring (bicyclic) bond motifs is 1. The lowest BCUT2D eigenvalue weighted by molar-refractivity contribution is -0.136. The summed E-state index contributed by atoms with van der Waals surface area (Å²) in [5.74, 6) is 2.58. The van der Waals surface area contributed by atoms with Crippen molar-refractivity contribution >= 4 is 11.7 Å². The lowest BCUT2D eigenvalue weighted by Crippen LogP contribution is -2.46. The van der Waals surface area contributed by atoms with Crippen molar-refractivity contribution in [2.24, 2.45) is 11.8 Å². The van der Waals surface area contributed by atoms with Gasteiger partial charge in [0.1, 0.15) is 17.1 Å². The Kier molecular flexibility index (Phi) is 5.84. The van der Waals surface area contributed by atoms with Crippen LogP contribution in [0.1, 0.15) is 75.1 Å². The highest BCUT2D eigenvalue weighted by Gasteiger charge is 2.48. The molecule has 1 saturated carbocycles. The molecule has 0 radical (unpaired) electrons. The van der Waals surface area contributed by atoms with E-state index in [0.29, 0.717) is 36.6 Å². The van der Waals surface area contributed by atoms with Crippen molar-refractivity contribution in [3.05, 3.63) is 23.8 Å². The number of hydrogen-bond acceptors (Lipinski definition) is 4. The predicted octanol–water partition coefficient (Wildman–Crippen LogP) is 4.63. The summed E-state index contributed by atoms with van der Waals surface area (Å²) in [5, 5.41) is 0. The summed E-state index contributed by atoms with van der Waals surface area (Å²) in [7, 11) is 1.59. The minimum absolute atomic E-state index is 0.0795. The second-order valence-corrected chi connectivity index (χ2v) is 9.12. The minimum Gasteiger partial charge on any atom is -0.497 e. The van der Waals surface area contributed by atoms with E-state index < -0.39 is 5.60 Å². The molecule has 29 heavy (non-hydrogen) atoms. The second kappa shape index (κ2) is 8.37. The number of hydrogen-bond donors (Lipinski definition) is 0. The second-order valence-electron chi connectivity index (χ2n) is 9.12. The quantitative estimate of drug-likeness (QED) is 0.724. The number of carbonyl (C=O) groups excluding carboxylic acids is 2. The van der Waals surface area contributed by atoms with Crippen molar-refractivity contribution in [1.82, 2.24) is 4.90 Å². The Labute approximate surface area is 173 Å². The molecule has 4 rings (SSSR count). The number of ketones is 1. The maximum absolute atomic E-state index is 13.1. The Morgan fingerprint density at radius 1 is 1.28 bits per heavy atom. The maximum Gasteiger partial charge on any atom is 0.225 e. The highest BCUT2D eigenvalue weighted by molar-refractivity contribution is 6.01. The molecule has 1 aliphatic carbocycles. The van der Waals surface area contributed by atoms with Gasteiger partial charge in [-0.1, -0.05) is 26.2 Å². The van der Waals surface area contributed by atoms with Crippen LogP contribution < -0.4 is 9.47 Å². The van der Waals surface area contributed by atoms with Crippen LogP contribution in [0.2, 0.25) is 0 Å². The van der Waals surface area contributed by atoms with Gasteiger partial charge in [0.05, 0.1) is 25.6 Å². The summed E-state index contributed by atoms with van der Waals surface area (Å²) in [4.78, 5) is 27.9. The number of amides is 1. The van der Waals surface area contributed by atoms with Crippen LogP contribution in [0.15, 0.2) is 18.2 Å². The SMILES string of the molecule is CCCCC1CCC(C(=O)N2CCC3(CC(=O)c4cc(OC)ccc4O3)C2)CC1. The molecule has 0 aromatic heterocycles. The molecule has 5 heteroatoms. The molecule has 3 aliphatic rings.